The number of benzene rings is 1. The van der Waals surface area contributed by atoms with Gasteiger partial charge in [-0.15, -0.1) is 11.6 Å². The second-order valence-corrected chi connectivity index (χ2v) is 7.19. The fourth-order valence-corrected chi connectivity index (χ4v) is 3.57. The maximum Gasteiger partial charge on any atom is 0.127 e. The SMILES string of the molecule is CC(Cl)c1nc2cc(Cl)ccc2n1C1CCN(C)C(C)C1. The van der Waals surface area contributed by atoms with Gasteiger partial charge in [-0.05, 0) is 51.9 Å². The van der Waals surface area contributed by atoms with Crippen LogP contribution in [0.15, 0.2) is 18.2 Å². The number of aromatic nitrogens is 2. The van der Waals surface area contributed by atoms with E-state index >= 15 is 0 Å². The zero-order chi connectivity index (χ0) is 15.1. The second kappa shape index (κ2) is 5.79. The van der Waals surface area contributed by atoms with E-state index in [0.717, 1.165) is 41.3 Å². The molecule has 0 radical (unpaired) electrons. The molecule has 0 N–H and O–H groups in total. The van der Waals surface area contributed by atoms with Gasteiger partial charge >= 0.3 is 0 Å². The molecule has 0 saturated carbocycles. The molecule has 0 spiro atoms. The Morgan fingerprint density at radius 1 is 1.38 bits per heavy atom. The van der Waals surface area contributed by atoms with Crippen molar-refractivity contribution in [2.24, 2.45) is 0 Å². The van der Waals surface area contributed by atoms with Crippen molar-refractivity contribution in [1.82, 2.24) is 14.5 Å². The van der Waals surface area contributed by atoms with Crippen LogP contribution >= 0.6 is 23.2 Å². The molecule has 1 aliphatic rings. The monoisotopic (exact) mass is 325 g/mol. The highest BCUT2D eigenvalue weighted by Crippen LogP contribution is 2.35. The molecule has 3 nitrogen and oxygen atoms in total. The minimum Gasteiger partial charge on any atom is -0.324 e. The van der Waals surface area contributed by atoms with Gasteiger partial charge in [0.1, 0.15) is 5.82 Å². The first-order valence-electron chi connectivity index (χ1n) is 7.49. The summed E-state index contributed by atoms with van der Waals surface area (Å²) in [5.41, 5.74) is 2.08. The van der Waals surface area contributed by atoms with Crippen LogP contribution in [0.3, 0.4) is 0 Å². The molecule has 1 aromatic heterocycles. The maximum atomic E-state index is 6.38. The van der Waals surface area contributed by atoms with E-state index in [-0.39, 0.29) is 5.38 Å². The van der Waals surface area contributed by atoms with Gasteiger partial charge < -0.3 is 9.47 Å². The van der Waals surface area contributed by atoms with Gasteiger partial charge in [-0.25, -0.2) is 4.98 Å². The molecule has 1 saturated heterocycles. The third-order valence-electron chi connectivity index (χ3n) is 4.58. The van der Waals surface area contributed by atoms with Crippen LogP contribution < -0.4 is 0 Å². The molecule has 0 amide bonds. The fraction of sp³-hybridized carbons (Fsp3) is 0.562. The molecular formula is C16H21Cl2N3. The van der Waals surface area contributed by atoms with Crippen LogP contribution in [0.1, 0.15) is 43.9 Å². The van der Waals surface area contributed by atoms with E-state index in [4.69, 9.17) is 28.2 Å². The molecular weight excluding hydrogens is 305 g/mol. The van der Waals surface area contributed by atoms with Gasteiger partial charge in [0, 0.05) is 23.7 Å². The highest BCUT2D eigenvalue weighted by atomic mass is 35.5. The predicted octanol–water partition coefficient (Wildman–Crippen LogP) is 4.64. The summed E-state index contributed by atoms with van der Waals surface area (Å²) in [6, 6.07) is 6.96. The summed E-state index contributed by atoms with van der Waals surface area (Å²) in [5.74, 6) is 0.954. The second-order valence-electron chi connectivity index (χ2n) is 6.10. The van der Waals surface area contributed by atoms with Crippen LogP contribution in [0.5, 0.6) is 0 Å². The zero-order valence-corrected chi connectivity index (χ0v) is 14.2. The van der Waals surface area contributed by atoms with Crippen LogP contribution in [0, 0.1) is 0 Å². The highest BCUT2D eigenvalue weighted by Gasteiger charge is 2.28. The van der Waals surface area contributed by atoms with Crippen LogP contribution in [-0.2, 0) is 0 Å². The Morgan fingerprint density at radius 2 is 2.14 bits per heavy atom. The van der Waals surface area contributed by atoms with Crippen molar-refractivity contribution in [2.45, 2.75) is 44.1 Å². The molecule has 1 fully saturated rings. The normalized spacial score (nSPS) is 25.4. The summed E-state index contributed by atoms with van der Waals surface area (Å²) in [6.07, 6.45) is 2.26. The lowest BCUT2D eigenvalue weighted by molar-refractivity contribution is 0.157. The van der Waals surface area contributed by atoms with Crippen molar-refractivity contribution in [3.05, 3.63) is 29.0 Å². The number of rotatable bonds is 2. The lowest BCUT2D eigenvalue weighted by Crippen LogP contribution is -2.38. The number of fused-ring (bicyclic) bond motifs is 1. The Bertz CT molecular complexity index is 650. The number of likely N-dealkylation sites (tertiary alicyclic amines) is 1. The van der Waals surface area contributed by atoms with E-state index in [1.165, 1.54) is 0 Å². The van der Waals surface area contributed by atoms with E-state index in [9.17, 15) is 0 Å². The average molecular weight is 326 g/mol. The quantitative estimate of drug-likeness (QED) is 0.749. The third kappa shape index (κ3) is 2.79. The molecule has 2 heterocycles. The van der Waals surface area contributed by atoms with Crippen molar-refractivity contribution >= 4 is 34.2 Å². The van der Waals surface area contributed by atoms with E-state index in [2.05, 4.69) is 29.5 Å². The van der Waals surface area contributed by atoms with E-state index in [0.29, 0.717) is 12.1 Å². The molecule has 2 aromatic rings. The summed E-state index contributed by atoms with van der Waals surface area (Å²) in [7, 11) is 2.19. The molecule has 0 bridgehead atoms. The molecule has 3 unspecified atom stereocenters. The zero-order valence-electron chi connectivity index (χ0n) is 12.7. The first-order valence-corrected chi connectivity index (χ1v) is 8.30. The van der Waals surface area contributed by atoms with E-state index in [1.807, 2.05) is 19.1 Å². The minimum absolute atomic E-state index is 0.105. The Labute approximate surface area is 135 Å². The first-order chi connectivity index (χ1) is 9.97. The van der Waals surface area contributed by atoms with Gasteiger partial charge in [0.15, 0.2) is 0 Å². The average Bonchev–Trinajstić information content (AvgIpc) is 2.80. The Balaban J connectivity index is 2.09. The Hall–Kier alpha value is -0.770. The summed E-state index contributed by atoms with van der Waals surface area (Å²) in [4.78, 5) is 7.14. The van der Waals surface area contributed by atoms with Crippen LogP contribution in [0.25, 0.3) is 11.0 Å². The van der Waals surface area contributed by atoms with Gasteiger partial charge in [0.2, 0.25) is 0 Å². The summed E-state index contributed by atoms with van der Waals surface area (Å²) < 4.78 is 2.34. The van der Waals surface area contributed by atoms with Crippen LogP contribution in [-0.4, -0.2) is 34.1 Å². The third-order valence-corrected chi connectivity index (χ3v) is 5.01. The van der Waals surface area contributed by atoms with Crippen molar-refractivity contribution in [2.75, 3.05) is 13.6 Å². The van der Waals surface area contributed by atoms with Crippen molar-refractivity contribution in [3.8, 4) is 0 Å². The van der Waals surface area contributed by atoms with Crippen molar-refractivity contribution < 1.29 is 0 Å². The lowest BCUT2D eigenvalue weighted by Gasteiger charge is -2.36. The van der Waals surface area contributed by atoms with Gasteiger partial charge in [-0.3, -0.25) is 0 Å². The van der Waals surface area contributed by atoms with Crippen molar-refractivity contribution in [3.63, 3.8) is 0 Å². The Morgan fingerprint density at radius 3 is 2.81 bits per heavy atom. The summed E-state index contributed by atoms with van der Waals surface area (Å²) in [5, 5.41) is 0.615. The molecule has 114 valence electrons. The van der Waals surface area contributed by atoms with Gasteiger partial charge in [-0.2, -0.15) is 0 Å². The molecule has 1 aromatic carbocycles. The minimum atomic E-state index is -0.105. The van der Waals surface area contributed by atoms with Crippen molar-refractivity contribution in [1.29, 1.82) is 0 Å². The predicted molar refractivity (Wildman–Crippen MR) is 89.4 cm³/mol. The lowest BCUT2D eigenvalue weighted by atomic mass is 9.98. The number of nitrogens with zero attached hydrogens (tertiary/aromatic N) is 3. The Kier molecular flexibility index (Phi) is 4.17. The maximum absolute atomic E-state index is 6.38. The molecule has 0 aliphatic carbocycles. The standard InChI is InChI=1S/C16H21Cl2N3/c1-10-8-13(6-7-20(10)3)21-15-5-4-12(18)9-14(15)19-16(21)11(2)17/h4-5,9-11,13H,6-8H2,1-3H3. The fourth-order valence-electron chi connectivity index (χ4n) is 3.25. The van der Waals surface area contributed by atoms with Gasteiger partial charge in [-0.1, -0.05) is 11.6 Å². The van der Waals surface area contributed by atoms with E-state index < -0.39 is 0 Å². The molecule has 3 rings (SSSR count). The van der Waals surface area contributed by atoms with Crippen LogP contribution in [0.2, 0.25) is 5.02 Å². The number of alkyl halides is 1. The smallest absolute Gasteiger partial charge is 0.127 e. The largest absolute Gasteiger partial charge is 0.324 e. The summed E-state index contributed by atoms with van der Waals surface area (Å²) >= 11 is 12.5. The van der Waals surface area contributed by atoms with E-state index in [1.54, 1.807) is 0 Å². The molecule has 3 atom stereocenters. The number of imidazole rings is 1. The van der Waals surface area contributed by atoms with Gasteiger partial charge in [0.05, 0.1) is 16.4 Å². The summed E-state index contributed by atoms with van der Waals surface area (Å²) in [6.45, 7) is 5.38. The first kappa shape index (κ1) is 15.1. The topological polar surface area (TPSA) is 21.1 Å². The van der Waals surface area contributed by atoms with Gasteiger partial charge in [0.25, 0.3) is 0 Å². The number of hydrogen-bond acceptors (Lipinski definition) is 2. The molecule has 21 heavy (non-hydrogen) atoms. The molecule has 1 aliphatic heterocycles. The number of hydrogen-bond donors (Lipinski definition) is 0. The van der Waals surface area contributed by atoms with Crippen LogP contribution in [0.4, 0.5) is 0 Å². The molecule has 5 heteroatoms. The number of halogens is 2. The highest BCUT2D eigenvalue weighted by molar-refractivity contribution is 6.31. The number of piperidine rings is 1.